The molecular formula is C17H18N4O2S2. The number of rotatable bonds is 5. The highest BCUT2D eigenvalue weighted by Gasteiger charge is 2.29. The van der Waals surface area contributed by atoms with E-state index in [0.717, 1.165) is 46.0 Å². The smallest absolute Gasteiger partial charge is 0.260 e. The maximum atomic E-state index is 11.7. The molecule has 0 atom stereocenters. The predicted octanol–water partition coefficient (Wildman–Crippen LogP) is 2.67. The second-order valence-corrected chi connectivity index (χ2v) is 7.93. The summed E-state index contributed by atoms with van der Waals surface area (Å²) >= 11 is 2.94. The first-order chi connectivity index (χ1) is 12.1. The van der Waals surface area contributed by atoms with E-state index in [1.807, 2.05) is 11.4 Å². The maximum absolute atomic E-state index is 11.7. The Morgan fingerprint density at radius 1 is 1.44 bits per heavy atom. The normalized spacial score (nSPS) is 14.3. The van der Waals surface area contributed by atoms with Crippen LogP contribution in [0.2, 0.25) is 0 Å². The molecule has 0 aliphatic carbocycles. The summed E-state index contributed by atoms with van der Waals surface area (Å²) < 4.78 is 5.20. The SMILES string of the molecule is COCCN1Cc2nc3sc(C(N)=O)c(N)c3c(-c3cccs3)c2C1. The van der Waals surface area contributed by atoms with Gasteiger partial charge in [-0.3, -0.25) is 9.69 Å². The van der Waals surface area contributed by atoms with Gasteiger partial charge in [0.1, 0.15) is 9.71 Å². The molecule has 1 aliphatic rings. The van der Waals surface area contributed by atoms with Crippen LogP contribution in [0, 0.1) is 0 Å². The minimum Gasteiger partial charge on any atom is -0.397 e. The molecule has 3 aromatic heterocycles. The molecule has 8 heteroatoms. The fraction of sp³-hybridized carbons (Fsp3) is 0.294. The summed E-state index contributed by atoms with van der Waals surface area (Å²) in [6.07, 6.45) is 0. The lowest BCUT2D eigenvalue weighted by molar-refractivity contribution is 0.100. The number of amides is 1. The van der Waals surface area contributed by atoms with Gasteiger partial charge in [0.25, 0.3) is 5.91 Å². The van der Waals surface area contributed by atoms with Gasteiger partial charge in [-0.1, -0.05) is 6.07 Å². The molecule has 25 heavy (non-hydrogen) atoms. The highest BCUT2D eigenvalue weighted by Crippen LogP contribution is 2.45. The second-order valence-electron chi connectivity index (χ2n) is 5.98. The Labute approximate surface area is 153 Å². The number of hydrogen-bond acceptors (Lipinski definition) is 7. The summed E-state index contributed by atoms with van der Waals surface area (Å²) in [5, 5.41) is 2.90. The van der Waals surface area contributed by atoms with Crippen LogP contribution < -0.4 is 11.5 Å². The summed E-state index contributed by atoms with van der Waals surface area (Å²) in [5.41, 5.74) is 15.6. The second kappa shape index (κ2) is 6.38. The number of ether oxygens (including phenoxy) is 1. The monoisotopic (exact) mass is 374 g/mol. The number of thiophene rings is 2. The Bertz CT molecular complexity index is 950. The number of methoxy groups -OCH3 is 1. The van der Waals surface area contributed by atoms with Crippen molar-refractivity contribution in [3.8, 4) is 10.4 Å². The summed E-state index contributed by atoms with van der Waals surface area (Å²) in [5.74, 6) is -0.500. The van der Waals surface area contributed by atoms with Crippen molar-refractivity contribution in [1.29, 1.82) is 0 Å². The van der Waals surface area contributed by atoms with Gasteiger partial charge in [0, 0.05) is 42.6 Å². The number of aromatic nitrogens is 1. The molecule has 0 unspecified atom stereocenters. The predicted molar refractivity (Wildman–Crippen MR) is 102 cm³/mol. The van der Waals surface area contributed by atoms with Crippen LogP contribution in [0.15, 0.2) is 17.5 Å². The van der Waals surface area contributed by atoms with Gasteiger partial charge in [-0.15, -0.1) is 22.7 Å². The molecule has 6 nitrogen and oxygen atoms in total. The van der Waals surface area contributed by atoms with Crippen molar-refractivity contribution in [2.45, 2.75) is 13.1 Å². The molecular weight excluding hydrogens is 356 g/mol. The lowest BCUT2D eigenvalue weighted by atomic mass is 10.0. The zero-order valence-electron chi connectivity index (χ0n) is 13.7. The molecule has 4 heterocycles. The van der Waals surface area contributed by atoms with Crippen LogP contribution in [-0.4, -0.2) is 36.1 Å². The molecule has 0 saturated heterocycles. The van der Waals surface area contributed by atoms with E-state index in [1.54, 1.807) is 18.4 Å². The number of carbonyl (C=O) groups is 1. The fourth-order valence-electron chi connectivity index (χ4n) is 3.28. The van der Waals surface area contributed by atoms with E-state index < -0.39 is 5.91 Å². The van der Waals surface area contributed by atoms with E-state index >= 15 is 0 Å². The van der Waals surface area contributed by atoms with Crippen LogP contribution in [0.4, 0.5) is 5.69 Å². The van der Waals surface area contributed by atoms with E-state index in [-0.39, 0.29) is 0 Å². The third-order valence-electron chi connectivity index (χ3n) is 4.42. The number of carbonyl (C=O) groups excluding carboxylic acids is 1. The first-order valence-electron chi connectivity index (χ1n) is 7.88. The van der Waals surface area contributed by atoms with Gasteiger partial charge >= 0.3 is 0 Å². The van der Waals surface area contributed by atoms with E-state index in [9.17, 15) is 4.79 Å². The van der Waals surface area contributed by atoms with Crippen LogP contribution in [0.25, 0.3) is 20.7 Å². The van der Waals surface area contributed by atoms with Gasteiger partial charge in [0.2, 0.25) is 0 Å². The number of fused-ring (bicyclic) bond motifs is 2. The Morgan fingerprint density at radius 2 is 2.28 bits per heavy atom. The molecule has 0 fully saturated rings. The molecule has 4 rings (SSSR count). The molecule has 3 aromatic rings. The summed E-state index contributed by atoms with van der Waals surface area (Å²) in [6, 6.07) is 4.10. The molecule has 0 spiro atoms. The average Bonchev–Trinajstić information content (AvgIpc) is 3.30. The van der Waals surface area contributed by atoms with Crippen LogP contribution >= 0.6 is 22.7 Å². The molecule has 0 aromatic carbocycles. The third-order valence-corrected chi connectivity index (χ3v) is 6.42. The van der Waals surface area contributed by atoms with Crippen molar-refractivity contribution in [3.63, 3.8) is 0 Å². The van der Waals surface area contributed by atoms with Gasteiger partial charge in [0.05, 0.1) is 18.0 Å². The van der Waals surface area contributed by atoms with Gasteiger partial charge in [-0.05, 0) is 17.0 Å². The maximum Gasteiger partial charge on any atom is 0.260 e. The van der Waals surface area contributed by atoms with Crippen LogP contribution in [0.1, 0.15) is 20.9 Å². The standard InChI is InChI=1S/C17H18N4O2S2/c1-23-5-4-21-7-9-10(8-21)20-17-13(12(9)11-3-2-6-24-11)14(18)15(25-17)16(19)22/h2-3,6H,4-5,7-8,18H2,1H3,(H2,19,22). The average molecular weight is 374 g/mol. The minimum absolute atomic E-state index is 0.389. The van der Waals surface area contributed by atoms with Crippen molar-refractivity contribution in [1.82, 2.24) is 9.88 Å². The Hall–Kier alpha value is -2.00. The number of primary amides is 1. The lowest BCUT2D eigenvalue weighted by Crippen LogP contribution is -2.21. The van der Waals surface area contributed by atoms with Gasteiger partial charge in [0.15, 0.2) is 0 Å². The van der Waals surface area contributed by atoms with Crippen molar-refractivity contribution >= 4 is 44.5 Å². The molecule has 1 amide bonds. The van der Waals surface area contributed by atoms with Crippen molar-refractivity contribution < 1.29 is 9.53 Å². The number of nitrogens with two attached hydrogens (primary N) is 2. The number of hydrogen-bond donors (Lipinski definition) is 2. The topological polar surface area (TPSA) is 94.5 Å². The summed E-state index contributed by atoms with van der Waals surface area (Å²) in [6.45, 7) is 3.11. The van der Waals surface area contributed by atoms with E-state index in [2.05, 4.69) is 11.0 Å². The lowest BCUT2D eigenvalue weighted by Gasteiger charge is -2.13. The summed E-state index contributed by atoms with van der Waals surface area (Å²) in [7, 11) is 1.71. The quantitative estimate of drug-likeness (QED) is 0.716. The number of pyridine rings is 1. The minimum atomic E-state index is -0.500. The third kappa shape index (κ3) is 2.71. The molecule has 0 saturated carbocycles. The zero-order chi connectivity index (χ0) is 17.6. The van der Waals surface area contributed by atoms with Gasteiger partial charge in [-0.2, -0.15) is 0 Å². The van der Waals surface area contributed by atoms with E-state index in [1.165, 1.54) is 16.9 Å². The van der Waals surface area contributed by atoms with Crippen molar-refractivity contribution in [2.24, 2.45) is 5.73 Å². The zero-order valence-corrected chi connectivity index (χ0v) is 15.4. The largest absolute Gasteiger partial charge is 0.397 e. The molecule has 4 N–H and O–H groups in total. The molecule has 0 bridgehead atoms. The highest BCUT2D eigenvalue weighted by atomic mass is 32.1. The number of nitrogens with zero attached hydrogens (tertiary/aromatic N) is 2. The van der Waals surface area contributed by atoms with E-state index in [4.69, 9.17) is 21.2 Å². The van der Waals surface area contributed by atoms with Crippen LogP contribution in [0.3, 0.4) is 0 Å². The van der Waals surface area contributed by atoms with E-state index in [0.29, 0.717) is 17.2 Å². The van der Waals surface area contributed by atoms with Crippen molar-refractivity contribution in [3.05, 3.63) is 33.6 Å². The van der Waals surface area contributed by atoms with Crippen molar-refractivity contribution in [2.75, 3.05) is 26.0 Å². The van der Waals surface area contributed by atoms with Gasteiger partial charge < -0.3 is 16.2 Å². The first-order valence-corrected chi connectivity index (χ1v) is 9.58. The molecule has 0 radical (unpaired) electrons. The van der Waals surface area contributed by atoms with Gasteiger partial charge in [-0.25, -0.2) is 4.98 Å². The Morgan fingerprint density at radius 3 is 2.96 bits per heavy atom. The van der Waals surface area contributed by atoms with Crippen LogP contribution in [0.5, 0.6) is 0 Å². The van der Waals surface area contributed by atoms with Crippen LogP contribution in [-0.2, 0) is 17.8 Å². The fourth-order valence-corrected chi connectivity index (χ4v) is 5.06. The number of nitrogen functional groups attached to an aromatic ring is 1. The number of anilines is 1. The highest BCUT2D eigenvalue weighted by molar-refractivity contribution is 7.21. The Balaban J connectivity index is 1.93. The molecule has 130 valence electrons. The first kappa shape index (κ1) is 16.5. The summed E-state index contributed by atoms with van der Waals surface area (Å²) in [4.78, 5) is 21.1. The Kier molecular flexibility index (Phi) is 4.20. The molecule has 1 aliphatic heterocycles.